The van der Waals surface area contributed by atoms with Crippen LogP contribution in [0.4, 0.5) is 11.4 Å². The topological polar surface area (TPSA) is 61.8 Å². The number of anilines is 2. The Morgan fingerprint density at radius 1 is 1.19 bits per heavy atom. The average molecular weight is 282 g/mol. The molecule has 0 amide bonds. The van der Waals surface area contributed by atoms with Crippen molar-refractivity contribution in [2.45, 2.75) is 0 Å². The molecule has 1 aliphatic rings. The number of hydrogen-bond donors (Lipinski definition) is 0. The van der Waals surface area contributed by atoms with E-state index in [0.717, 1.165) is 17.5 Å². The lowest BCUT2D eigenvalue weighted by Gasteiger charge is -2.30. The van der Waals surface area contributed by atoms with Crippen LogP contribution < -0.4 is 14.9 Å². The molecule has 1 heterocycles. The van der Waals surface area contributed by atoms with E-state index in [1.54, 1.807) is 24.3 Å². The first-order chi connectivity index (χ1) is 10.2. The van der Waals surface area contributed by atoms with Gasteiger partial charge in [0.2, 0.25) is 0 Å². The highest BCUT2D eigenvalue weighted by Crippen LogP contribution is 2.46. The predicted molar refractivity (Wildman–Crippen MR) is 76.1 cm³/mol. The number of fused-ring (bicyclic) bond motifs is 2. The second-order valence-corrected chi connectivity index (χ2v) is 4.43. The smallest absolute Gasteiger partial charge is 0.154 e. The van der Waals surface area contributed by atoms with Crippen molar-refractivity contribution < 1.29 is 19.5 Å². The molecule has 21 heavy (non-hydrogen) atoms. The summed E-state index contributed by atoms with van der Waals surface area (Å²) in [6.07, 6.45) is 2.43. The molecule has 0 fully saturated rings. The number of para-hydroxylation sites is 2. The van der Waals surface area contributed by atoms with Crippen LogP contribution in [0.2, 0.25) is 0 Å². The van der Waals surface area contributed by atoms with Crippen LogP contribution in [0.5, 0.6) is 11.5 Å². The highest BCUT2D eigenvalue weighted by Gasteiger charge is 2.24. The molecule has 0 N–H and O–H groups in total. The SMILES string of the molecule is CON1c2ccccc2Oc2cc(/C=C\C(=O)[O-])ccc21. The van der Waals surface area contributed by atoms with Crippen molar-refractivity contribution in [2.24, 2.45) is 0 Å². The van der Waals surface area contributed by atoms with Crippen LogP contribution in [0.1, 0.15) is 5.56 Å². The van der Waals surface area contributed by atoms with Gasteiger partial charge in [-0.2, -0.15) is 0 Å². The van der Waals surface area contributed by atoms with E-state index in [9.17, 15) is 9.90 Å². The van der Waals surface area contributed by atoms with Crippen LogP contribution in [-0.4, -0.2) is 13.1 Å². The van der Waals surface area contributed by atoms with E-state index in [2.05, 4.69) is 0 Å². The van der Waals surface area contributed by atoms with E-state index < -0.39 is 5.97 Å². The fourth-order valence-corrected chi connectivity index (χ4v) is 2.20. The Balaban J connectivity index is 2.03. The minimum atomic E-state index is -1.24. The van der Waals surface area contributed by atoms with Crippen LogP contribution >= 0.6 is 0 Å². The summed E-state index contributed by atoms with van der Waals surface area (Å²) >= 11 is 0. The number of aliphatic carboxylic acids is 1. The normalized spacial score (nSPS) is 12.7. The lowest BCUT2D eigenvalue weighted by molar-refractivity contribution is -0.297. The van der Waals surface area contributed by atoms with Gasteiger partial charge in [-0.1, -0.05) is 24.3 Å². The third-order valence-electron chi connectivity index (χ3n) is 3.10. The van der Waals surface area contributed by atoms with Crippen molar-refractivity contribution in [3.05, 3.63) is 54.1 Å². The number of rotatable bonds is 3. The van der Waals surface area contributed by atoms with Crippen molar-refractivity contribution in [3.8, 4) is 11.5 Å². The summed E-state index contributed by atoms with van der Waals surface area (Å²) in [5.74, 6) is 0.0291. The molecule has 0 aliphatic carbocycles. The fourth-order valence-electron chi connectivity index (χ4n) is 2.20. The molecule has 0 radical (unpaired) electrons. The minimum absolute atomic E-state index is 0.594. The zero-order valence-corrected chi connectivity index (χ0v) is 11.3. The Kier molecular flexibility index (Phi) is 3.33. The van der Waals surface area contributed by atoms with Gasteiger partial charge in [-0.25, -0.2) is 5.06 Å². The van der Waals surface area contributed by atoms with Crippen LogP contribution in [0.3, 0.4) is 0 Å². The molecular formula is C16H12NO4-. The number of ether oxygens (including phenoxy) is 1. The van der Waals surface area contributed by atoms with E-state index in [1.807, 2.05) is 30.3 Å². The van der Waals surface area contributed by atoms with Gasteiger partial charge < -0.3 is 14.6 Å². The molecule has 3 rings (SSSR count). The van der Waals surface area contributed by atoms with E-state index in [0.29, 0.717) is 17.1 Å². The van der Waals surface area contributed by atoms with Crippen molar-refractivity contribution >= 4 is 23.4 Å². The van der Waals surface area contributed by atoms with E-state index >= 15 is 0 Å². The largest absolute Gasteiger partial charge is 0.545 e. The first-order valence-corrected chi connectivity index (χ1v) is 6.33. The predicted octanol–water partition coefficient (Wildman–Crippen LogP) is 2.25. The van der Waals surface area contributed by atoms with Crippen molar-refractivity contribution in [1.82, 2.24) is 0 Å². The Labute approximate surface area is 121 Å². The fraction of sp³-hybridized carbons (Fsp3) is 0.0625. The second kappa shape index (κ2) is 5.30. The second-order valence-electron chi connectivity index (χ2n) is 4.43. The number of nitrogens with zero attached hydrogens (tertiary/aromatic N) is 1. The third kappa shape index (κ3) is 2.46. The van der Waals surface area contributed by atoms with Crippen LogP contribution in [-0.2, 0) is 9.63 Å². The number of benzene rings is 2. The van der Waals surface area contributed by atoms with E-state index in [4.69, 9.17) is 9.57 Å². The van der Waals surface area contributed by atoms with Crippen LogP contribution in [0.15, 0.2) is 48.5 Å². The number of carbonyl (C=O) groups excluding carboxylic acids is 1. The number of carbonyl (C=O) groups is 1. The lowest BCUT2D eigenvalue weighted by Crippen LogP contribution is -2.19. The van der Waals surface area contributed by atoms with Crippen LogP contribution in [0, 0.1) is 0 Å². The van der Waals surface area contributed by atoms with Gasteiger partial charge in [0, 0.05) is 0 Å². The number of carboxylic acid groups (broad SMARTS) is 1. The summed E-state index contributed by atoms with van der Waals surface area (Å²) in [4.78, 5) is 15.9. The van der Waals surface area contributed by atoms with Gasteiger partial charge in [-0.3, -0.25) is 4.84 Å². The van der Waals surface area contributed by atoms with E-state index in [1.165, 1.54) is 6.08 Å². The van der Waals surface area contributed by atoms with Crippen molar-refractivity contribution in [2.75, 3.05) is 12.2 Å². The number of hydrogen-bond acceptors (Lipinski definition) is 5. The molecule has 5 heteroatoms. The zero-order valence-electron chi connectivity index (χ0n) is 11.3. The molecule has 2 aromatic carbocycles. The zero-order chi connectivity index (χ0) is 14.8. The average Bonchev–Trinajstić information content (AvgIpc) is 2.50. The summed E-state index contributed by atoms with van der Waals surface area (Å²) in [5, 5.41) is 12.1. The first-order valence-electron chi connectivity index (χ1n) is 6.33. The van der Waals surface area contributed by atoms with Gasteiger partial charge in [-0.05, 0) is 35.9 Å². The molecule has 0 bridgehead atoms. The minimum Gasteiger partial charge on any atom is -0.545 e. The van der Waals surface area contributed by atoms with Gasteiger partial charge in [-0.15, -0.1) is 0 Å². The van der Waals surface area contributed by atoms with Crippen molar-refractivity contribution in [1.29, 1.82) is 0 Å². The first kappa shape index (κ1) is 13.2. The third-order valence-corrected chi connectivity index (χ3v) is 3.10. The Morgan fingerprint density at radius 2 is 1.95 bits per heavy atom. The maximum atomic E-state index is 10.5. The quantitative estimate of drug-likeness (QED) is 0.808. The van der Waals surface area contributed by atoms with Crippen molar-refractivity contribution in [3.63, 3.8) is 0 Å². The molecule has 106 valence electrons. The molecule has 0 spiro atoms. The maximum absolute atomic E-state index is 10.5. The van der Waals surface area contributed by atoms with Gasteiger partial charge in [0.25, 0.3) is 0 Å². The standard InChI is InChI=1S/C16H13NO4/c1-20-17-12-4-2-3-5-14(12)21-15-10-11(6-8-13(15)17)7-9-16(18)19/h2-10H,1H3,(H,18,19)/p-1/b9-7-. The Hall–Kier alpha value is -2.79. The highest BCUT2D eigenvalue weighted by atomic mass is 16.7. The summed E-state index contributed by atoms with van der Waals surface area (Å²) in [5.41, 5.74) is 2.26. The summed E-state index contributed by atoms with van der Waals surface area (Å²) in [6.45, 7) is 0. The molecule has 0 atom stereocenters. The van der Waals surface area contributed by atoms with Gasteiger partial charge in [0.15, 0.2) is 11.5 Å². The molecule has 0 saturated carbocycles. The molecule has 5 nitrogen and oxygen atoms in total. The molecule has 0 aromatic heterocycles. The lowest BCUT2D eigenvalue weighted by atomic mass is 10.1. The Bertz CT molecular complexity index is 724. The summed E-state index contributed by atoms with van der Waals surface area (Å²) < 4.78 is 5.84. The van der Waals surface area contributed by atoms with Crippen LogP contribution in [0.25, 0.3) is 6.08 Å². The van der Waals surface area contributed by atoms with Gasteiger partial charge >= 0.3 is 0 Å². The monoisotopic (exact) mass is 282 g/mol. The number of carboxylic acids is 1. The van der Waals surface area contributed by atoms with Gasteiger partial charge in [0.1, 0.15) is 11.4 Å². The molecule has 1 aliphatic heterocycles. The molecule has 0 saturated heterocycles. The molecule has 2 aromatic rings. The summed E-state index contributed by atoms with van der Waals surface area (Å²) in [6, 6.07) is 12.8. The maximum Gasteiger partial charge on any atom is 0.154 e. The summed E-state index contributed by atoms with van der Waals surface area (Å²) in [7, 11) is 1.58. The Morgan fingerprint density at radius 3 is 2.71 bits per heavy atom. The highest BCUT2D eigenvalue weighted by molar-refractivity contribution is 5.84. The molecule has 0 unspecified atom stereocenters. The van der Waals surface area contributed by atoms with E-state index in [-0.39, 0.29) is 0 Å². The molecular weight excluding hydrogens is 270 g/mol. The van der Waals surface area contributed by atoms with Gasteiger partial charge in [0.05, 0.1) is 13.1 Å².